The third kappa shape index (κ3) is 4.33. The summed E-state index contributed by atoms with van der Waals surface area (Å²) in [5, 5.41) is 15.6. The van der Waals surface area contributed by atoms with E-state index in [2.05, 4.69) is 15.5 Å². The molecule has 7 heteroatoms. The number of ether oxygens (including phenoxy) is 1. The zero-order chi connectivity index (χ0) is 17.6. The molecule has 6 nitrogen and oxygen atoms in total. The first kappa shape index (κ1) is 16.9. The van der Waals surface area contributed by atoms with Crippen LogP contribution >= 0.6 is 11.3 Å². The van der Waals surface area contributed by atoms with E-state index in [0.29, 0.717) is 5.75 Å². The van der Waals surface area contributed by atoms with E-state index < -0.39 is 12.6 Å². The molecule has 0 saturated carbocycles. The standard InChI is InChI=1S/C18H17N3O3S/c1-2-14(12-7-9-13(10-8-12)24-11-17(22)23)20-21-18-19-15-5-3-4-6-16(15)25-18/h3-10H,2,11H2,1H3,(H,19,21)(H,22,23)/p-1/b20-14-. The normalized spacial score (nSPS) is 11.5. The van der Waals surface area contributed by atoms with Gasteiger partial charge in [0.05, 0.1) is 21.9 Å². The molecule has 2 aromatic carbocycles. The SMILES string of the molecule is CC/C(=N/Nc1nc2ccccc2s1)c1ccc(OCC(=O)[O-])cc1. The van der Waals surface area contributed by atoms with E-state index in [1.54, 1.807) is 23.5 Å². The lowest BCUT2D eigenvalue weighted by molar-refractivity contribution is -0.307. The molecule has 0 radical (unpaired) electrons. The molecule has 3 rings (SSSR count). The molecular formula is C18H16N3O3S-. The largest absolute Gasteiger partial charge is 0.546 e. The van der Waals surface area contributed by atoms with Crippen molar-refractivity contribution in [2.45, 2.75) is 13.3 Å². The molecule has 0 unspecified atom stereocenters. The Balaban J connectivity index is 1.72. The van der Waals surface area contributed by atoms with Crippen LogP contribution in [0.25, 0.3) is 10.2 Å². The first-order valence-electron chi connectivity index (χ1n) is 7.77. The zero-order valence-electron chi connectivity index (χ0n) is 13.6. The molecule has 0 aliphatic heterocycles. The van der Waals surface area contributed by atoms with Crippen molar-refractivity contribution in [3.8, 4) is 5.75 Å². The minimum Gasteiger partial charge on any atom is -0.546 e. The van der Waals surface area contributed by atoms with E-state index in [1.807, 2.05) is 43.3 Å². The smallest absolute Gasteiger partial charge is 0.204 e. The van der Waals surface area contributed by atoms with Gasteiger partial charge in [0.1, 0.15) is 12.4 Å². The van der Waals surface area contributed by atoms with Crippen molar-refractivity contribution in [1.29, 1.82) is 0 Å². The Kier molecular flexibility index (Phi) is 5.25. The van der Waals surface area contributed by atoms with Gasteiger partial charge in [0.15, 0.2) is 0 Å². The highest BCUT2D eigenvalue weighted by Crippen LogP contribution is 2.25. The zero-order valence-corrected chi connectivity index (χ0v) is 14.4. The Hall–Kier alpha value is -2.93. The molecule has 0 aliphatic carbocycles. The van der Waals surface area contributed by atoms with E-state index in [9.17, 15) is 9.90 Å². The number of fused-ring (bicyclic) bond motifs is 1. The number of hydrogen-bond acceptors (Lipinski definition) is 7. The quantitative estimate of drug-likeness (QED) is 0.521. The summed E-state index contributed by atoms with van der Waals surface area (Å²) in [4.78, 5) is 14.9. The molecule has 0 spiro atoms. The predicted octanol–water partition coefficient (Wildman–Crippen LogP) is 2.65. The first-order chi connectivity index (χ1) is 12.2. The van der Waals surface area contributed by atoms with Gasteiger partial charge in [-0.2, -0.15) is 5.10 Å². The van der Waals surface area contributed by atoms with Crippen molar-refractivity contribution in [2.24, 2.45) is 5.10 Å². The second-order valence-corrected chi connectivity index (χ2v) is 6.23. The van der Waals surface area contributed by atoms with Crippen molar-refractivity contribution < 1.29 is 14.6 Å². The number of rotatable bonds is 7. The van der Waals surface area contributed by atoms with Gasteiger partial charge < -0.3 is 14.6 Å². The molecule has 25 heavy (non-hydrogen) atoms. The first-order valence-corrected chi connectivity index (χ1v) is 8.58. The Labute approximate surface area is 148 Å². The number of para-hydroxylation sites is 1. The van der Waals surface area contributed by atoms with Gasteiger partial charge in [-0.1, -0.05) is 30.4 Å². The average molecular weight is 354 g/mol. The Morgan fingerprint density at radius 1 is 1.24 bits per heavy atom. The third-order valence-electron chi connectivity index (χ3n) is 3.46. The molecule has 0 aliphatic rings. The number of hydrogen-bond donors (Lipinski definition) is 1. The van der Waals surface area contributed by atoms with Crippen molar-refractivity contribution in [2.75, 3.05) is 12.0 Å². The summed E-state index contributed by atoms with van der Waals surface area (Å²) in [6, 6.07) is 15.0. The number of carbonyl (C=O) groups excluding carboxylic acids is 1. The molecule has 1 N–H and O–H groups in total. The Morgan fingerprint density at radius 2 is 2.00 bits per heavy atom. The number of aromatic nitrogens is 1. The Bertz CT molecular complexity index is 870. The maximum Gasteiger partial charge on any atom is 0.204 e. The summed E-state index contributed by atoms with van der Waals surface area (Å²) in [5.74, 6) is -0.776. The maximum absolute atomic E-state index is 10.4. The van der Waals surface area contributed by atoms with Gasteiger partial charge in [-0.25, -0.2) is 4.98 Å². The second kappa shape index (κ2) is 7.76. The van der Waals surface area contributed by atoms with Gasteiger partial charge in [0, 0.05) is 0 Å². The number of carboxylic acid groups (broad SMARTS) is 1. The van der Waals surface area contributed by atoms with Crippen molar-refractivity contribution in [1.82, 2.24) is 4.98 Å². The number of nitrogens with one attached hydrogen (secondary N) is 1. The number of nitrogens with zero attached hydrogens (tertiary/aromatic N) is 2. The fourth-order valence-corrected chi connectivity index (χ4v) is 3.08. The van der Waals surface area contributed by atoms with Gasteiger partial charge in [-0.05, 0) is 48.4 Å². The highest BCUT2D eigenvalue weighted by molar-refractivity contribution is 7.22. The van der Waals surface area contributed by atoms with E-state index in [0.717, 1.165) is 33.0 Å². The summed E-state index contributed by atoms with van der Waals surface area (Å²) in [6.45, 7) is 1.55. The monoisotopic (exact) mass is 354 g/mol. The van der Waals surface area contributed by atoms with Crippen LogP contribution in [-0.2, 0) is 4.79 Å². The van der Waals surface area contributed by atoms with Gasteiger partial charge in [0.25, 0.3) is 0 Å². The number of benzene rings is 2. The van der Waals surface area contributed by atoms with E-state index >= 15 is 0 Å². The summed E-state index contributed by atoms with van der Waals surface area (Å²) < 4.78 is 6.18. The lowest BCUT2D eigenvalue weighted by Crippen LogP contribution is -2.28. The van der Waals surface area contributed by atoms with Gasteiger partial charge >= 0.3 is 0 Å². The number of hydrazone groups is 1. The highest BCUT2D eigenvalue weighted by atomic mass is 32.1. The molecule has 1 aromatic heterocycles. The lowest BCUT2D eigenvalue weighted by Gasteiger charge is -2.08. The lowest BCUT2D eigenvalue weighted by atomic mass is 10.1. The average Bonchev–Trinajstić information content (AvgIpc) is 3.04. The van der Waals surface area contributed by atoms with Crippen LogP contribution in [0.5, 0.6) is 5.75 Å². The highest BCUT2D eigenvalue weighted by Gasteiger charge is 2.05. The van der Waals surface area contributed by atoms with Crippen LogP contribution in [0, 0.1) is 0 Å². The number of anilines is 1. The van der Waals surface area contributed by atoms with Crippen LogP contribution in [0.2, 0.25) is 0 Å². The van der Waals surface area contributed by atoms with E-state index in [4.69, 9.17) is 4.74 Å². The predicted molar refractivity (Wildman–Crippen MR) is 97.0 cm³/mol. The fourth-order valence-electron chi connectivity index (χ4n) is 2.27. The molecule has 0 amide bonds. The molecule has 0 fully saturated rings. The molecule has 1 heterocycles. The van der Waals surface area contributed by atoms with Gasteiger partial charge in [-0.15, -0.1) is 0 Å². The summed E-state index contributed by atoms with van der Waals surface area (Å²) in [6.07, 6.45) is 0.733. The van der Waals surface area contributed by atoms with Crippen LogP contribution in [0.1, 0.15) is 18.9 Å². The molecular weight excluding hydrogens is 338 g/mol. The number of carbonyl (C=O) groups is 1. The molecule has 0 bridgehead atoms. The number of aliphatic carboxylic acids is 1. The summed E-state index contributed by atoms with van der Waals surface area (Å²) in [7, 11) is 0. The van der Waals surface area contributed by atoms with Crippen LogP contribution in [0.15, 0.2) is 53.6 Å². The van der Waals surface area contributed by atoms with Crippen LogP contribution in [0.4, 0.5) is 5.13 Å². The topological polar surface area (TPSA) is 86.6 Å². The summed E-state index contributed by atoms with van der Waals surface area (Å²) in [5.41, 5.74) is 5.75. The minimum absolute atomic E-state index is 0.465. The van der Waals surface area contributed by atoms with Crippen molar-refractivity contribution in [3.63, 3.8) is 0 Å². The van der Waals surface area contributed by atoms with Crippen molar-refractivity contribution >= 4 is 38.4 Å². The molecule has 128 valence electrons. The van der Waals surface area contributed by atoms with Gasteiger partial charge in [0.2, 0.25) is 5.13 Å². The second-order valence-electron chi connectivity index (χ2n) is 5.20. The van der Waals surface area contributed by atoms with Crippen molar-refractivity contribution in [3.05, 3.63) is 54.1 Å². The van der Waals surface area contributed by atoms with Crippen LogP contribution in [-0.4, -0.2) is 23.3 Å². The third-order valence-corrected chi connectivity index (χ3v) is 4.40. The van der Waals surface area contributed by atoms with Crippen LogP contribution in [0.3, 0.4) is 0 Å². The minimum atomic E-state index is -1.25. The van der Waals surface area contributed by atoms with Crippen LogP contribution < -0.4 is 15.3 Å². The molecule has 0 atom stereocenters. The number of thiazole rings is 1. The molecule has 3 aromatic rings. The number of carboxylic acids is 1. The Morgan fingerprint density at radius 3 is 2.68 bits per heavy atom. The van der Waals surface area contributed by atoms with E-state index in [-0.39, 0.29) is 0 Å². The summed E-state index contributed by atoms with van der Waals surface area (Å²) >= 11 is 1.55. The van der Waals surface area contributed by atoms with E-state index in [1.165, 1.54) is 0 Å². The van der Waals surface area contributed by atoms with Gasteiger partial charge in [-0.3, -0.25) is 5.43 Å². The molecule has 0 saturated heterocycles. The maximum atomic E-state index is 10.4. The fraction of sp³-hybridized carbons (Fsp3) is 0.167.